The number of fused-ring (bicyclic) bond motifs is 2. The lowest BCUT2D eigenvalue weighted by Crippen LogP contribution is -2.45. The molecule has 1 aliphatic heterocycles. The van der Waals surface area contributed by atoms with Crippen LogP contribution in [-0.4, -0.2) is 46.2 Å². The number of piperidine rings is 1. The molecule has 33 heavy (non-hydrogen) atoms. The average molecular weight is 463 g/mol. The van der Waals surface area contributed by atoms with Crippen LogP contribution in [0.25, 0.3) is 32.5 Å². The first kappa shape index (κ1) is 20.8. The van der Waals surface area contributed by atoms with Crippen molar-refractivity contribution < 1.29 is 9.53 Å². The van der Waals surface area contributed by atoms with E-state index < -0.39 is 0 Å². The molecule has 1 atom stereocenters. The summed E-state index contributed by atoms with van der Waals surface area (Å²) in [6.07, 6.45) is 4.57. The van der Waals surface area contributed by atoms with Gasteiger partial charge in [0.2, 0.25) is 0 Å². The Morgan fingerprint density at radius 1 is 1.15 bits per heavy atom. The number of hydrogen-bond acceptors (Lipinski definition) is 4. The van der Waals surface area contributed by atoms with Crippen molar-refractivity contribution in [2.75, 3.05) is 20.2 Å². The van der Waals surface area contributed by atoms with Crippen LogP contribution in [0.2, 0.25) is 0 Å². The highest BCUT2D eigenvalue weighted by Gasteiger charge is 2.27. The normalized spacial score (nSPS) is 19.0. The second-order valence-corrected chi connectivity index (χ2v) is 10.5. The van der Waals surface area contributed by atoms with E-state index in [4.69, 9.17) is 10.5 Å². The Bertz CT molecular complexity index is 1360. The van der Waals surface area contributed by atoms with Gasteiger partial charge in [-0.2, -0.15) is 0 Å². The quantitative estimate of drug-likeness (QED) is 0.461. The van der Waals surface area contributed by atoms with Crippen LogP contribution in [-0.2, 0) is 13.6 Å². The summed E-state index contributed by atoms with van der Waals surface area (Å²) in [5, 5.41) is 4.50. The Balaban J connectivity index is 1.46. The van der Waals surface area contributed by atoms with Crippen LogP contribution in [0.15, 0.2) is 35.7 Å². The number of carbonyl (C=O) groups excluding carboxylic acids is 1. The first-order chi connectivity index (χ1) is 16.0. The Morgan fingerprint density at radius 3 is 2.73 bits per heavy atom. The van der Waals surface area contributed by atoms with Crippen LogP contribution in [0.5, 0.6) is 5.75 Å². The van der Waals surface area contributed by atoms with Crippen molar-refractivity contribution >= 4 is 38.4 Å². The summed E-state index contributed by atoms with van der Waals surface area (Å²) in [5.41, 5.74) is 10.2. The molecule has 1 saturated heterocycles. The third kappa shape index (κ3) is 3.54. The molecule has 4 heterocycles. The van der Waals surface area contributed by atoms with E-state index in [-0.39, 0.29) is 11.9 Å². The summed E-state index contributed by atoms with van der Waals surface area (Å²) < 4.78 is 10.5. The van der Waals surface area contributed by atoms with E-state index in [1.807, 2.05) is 28.4 Å². The van der Waals surface area contributed by atoms with Gasteiger partial charge in [0, 0.05) is 49.1 Å². The van der Waals surface area contributed by atoms with E-state index in [1.165, 1.54) is 28.8 Å². The number of methoxy groups -OCH3 is 1. The highest BCUT2D eigenvalue weighted by molar-refractivity contribution is 7.16. The molecule has 1 aromatic carbocycles. The van der Waals surface area contributed by atoms with E-state index in [1.54, 1.807) is 7.11 Å². The number of carbonyl (C=O) groups is 1. The number of nitrogens with zero attached hydrogens (tertiary/aromatic N) is 3. The first-order valence-electron chi connectivity index (χ1n) is 11.8. The molecule has 2 fully saturated rings. The van der Waals surface area contributed by atoms with Gasteiger partial charge in [-0.05, 0) is 67.3 Å². The van der Waals surface area contributed by atoms with Crippen molar-refractivity contribution in [3.8, 4) is 17.1 Å². The second kappa shape index (κ2) is 7.92. The minimum Gasteiger partial charge on any atom is -0.495 e. The molecule has 0 unspecified atom stereocenters. The van der Waals surface area contributed by atoms with Gasteiger partial charge in [0.25, 0.3) is 5.91 Å². The number of ether oxygens (including phenoxy) is 1. The third-order valence-electron chi connectivity index (χ3n) is 7.21. The van der Waals surface area contributed by atoms with Crippen molar-refractivity contribution in [3.05, 3.63) is 41.3 Å². The SMILES string of the molecule is COc1cc(C(=O)N2CCC[C@@H](N)C2)cc2cc(-c3cc4ccsc4n3CC3CC3)n(C)c12. The van der Waals surface area contributed by atoms with Gasteiger partial charge >= 0.3 is 0 Å². The molecule has 0 spiro atoms. The largest absolute Gasteiger partial charge is 0.495 e. The lowest BCUT2D eigenvalue weighted by molar-refractivity contribution is 0.0708. The van der Waals surface area contributed by atoms with E-state index in [0.29, 0.717) is 12.1 Å². The van der Waals surface area contributed by atoms with Gasteiger partial charge in [-0.1, -0.05) is 0 Å². The van der Waals surface area contributed by atoms with Crippen molar-refractivity contribution in [1.29, 1.82) is 0 Å². The standard InChI is InChI=1S/C26H30N4O2S/c1-28-21(22-11-17-7-9-33-26(17)30(22)14-16-5-6-16)12-18-10-19(13-23(32-2)24(18)28)25(31)29-8-3-4-20(27)15-29/h7,9-13,16,20H,3-6,8,14-15,27H2,1-2H3/t20-/m1/s1. The third-order valence-corrected chi connectivity index (χ3v) is 8.16. The van der Waals surface area contributed by atoms with Gasteiger partial charge in [-0.3, -0.25) is 4.79 Å². The number of rotatable bonds is 5. The van der Waals surface area contributed by atoms with Crippen LogP contribution >= 0.6 is 11.3 Å². The van der Waals surface area contributed by atoms with E-state index in [0.717, 1.165) is 54.2 Å². The van der Waals surface area contributed by atoms with Gasteiger partial charge in [0.05, 0.1) is 24.0 Å². The number of aromatic nitrogens is 2. The lowest BCUT2D eigenvalue weighted by Gasteiger charge is -2.31. The molecule has 6 nitrogen and oxygen atoms in total. The molecule has 172 valence electrons. The summed E-state index contributed by atoms with van der Waals surface area (Å²) in [7, 11) is 3.77. The zero-order chi connectivity index (χ0) is 22.7. The Labute approximate surface area is 197 Å². The summed E-state index contributed by atoms with van der Waals surface area (Å²) >= 11 is 1.81. The first-order valence-corrected chi connectivity index (χ1v) is 12.7. The lowest BCUT2D eigenvalue weighted by atomic mass is 10.0. The molecule has 4 aromatic rings. The molecule has 1 saturated carbocycles. The van der Waals surface area contributed by atoms with Gasteiger partial charge in [-0.15, -0.1) is 11.3 Å². The number of aryl methyl sites for hydroxylation is 1. The minimum atomic E-state index is 0.0355. The van der Waals surface area contributed by atoms with Crippen LogP contribution in [0.4, 0.5) is 0 Å². The Hall–Kier alpha value is -2.77. The predicted octanol–water partition coefficient (Wildman–Crippen LogP) is 4.84. The van der Waals surface area contributed by atoms with Crippen molar-refractivity contribution in [2.24, 2.45) is 18.7 Å². The highest BCUT2D eigenvalue weighted by atomic mass is 32.1. The topological polar surface area (TPSA) is 65.4 Å². The van der Waals surface area contributed by atoms with E-state index in [2.05, 4.69) is 39.8 Å². The molecule has 7 heteroatoms. The molecule has 3 aromatic heterocycles. The molecule has 1 amide bonds. The number of nitrogens with two attached hydrogens (primary N) is 1. The molecule has 2 N–H and O–H groups in total. The fourth-order valence-corrected chi connectivity index (χ4v) is 6.20. The number of benzene rings is 1. The maximum absolute atomic E-state index is 13.3. The molecule has 1 aliphatic carbocycles. The fraction of sp³-hybridized carbons (Fsp3) is 0.423. The van der Waals surface area contributed by atoms with Crippen molar-refractivity contribution in [3.63, 3.8) is 0 Å². The van der Waals surface area contributed by atoms with Gasteiger partial charge < -0.3 is 24.5 Å². The summed E-state index contributed by atoms with van der Waals surface area (Å²) in [5.74, 6) is 1.55. The Morgan fingerprint density at radius 2 is 1.97 bits per heavy atom. The van der Waals surface area contributed by atoms with Crippen LogP contribution in [0.3, 0.4) is 0 Å². The minimum absolute atomic E-state index is 0.0355. The molecule has 0 bridgehead atoms. The summed E-state index contributed by atoms with van der Waals surface area (Å²) in [4.78, 5) is 16.5. The van der Waals surface area contributed by atoms with E-state index >= 15 is 0 Å². The highest BCUT2D eigenvalue weighted by Crippen LogP contribution is 2.40. The Kier molecular flexibility index (Phi) is 4.99. The van der Waals surface area contributed by atoms with E-state index in [9.17, 15) is 4.79 Å². The zero-order valence-electron chi connectivity index (χ0n) is 19.2. The number of amides is 1. The molecule has 2 aliphatic rings. The molecular formula is C26H30N4O2S. The fourth-order valence-electron chi connectivity index (χ4n) is 5.29. The van der Waals surface area contributed by atoms with Crippen molar-refractivity contribution in [2.45, 2.75) is 38.3 Å². The second-order valence-electron chi connectivity index (χ2n) is 9.62. The molecule has 6 rings (SSSR count). The number of likely N-dealkylation sites (tertiary alicyclic amines) is 1. The van der Waals surface area contributed by atoms with Gasteiger partial charge in [-0.25, -0.2) is 0 Å². The molecule has 0 radical (unpaired) electrons. The average Bonchev–Trinajstić information content (AvgIpc) is 3.26. The van der Waals surface area contributed by atoms with Crippen LogP contribution in [0, 0.1) is 5.92 Å². The zero-order valence-corrected chi connectivity index (χ0v) is 20.0. The summed E-state index contributed by atoms with van der Waals surface area (Å²) in [6.45, 7) is 2.44. The smallest absolute Gasteiger partial charge is 0.254 e. The van der Waals surface area contributed by atoms with Crippen LogP contribution < -0.4 is 10.5 Å². The molecular weight excluding hydrogens is 432 g/mol. The van der Waals surface area contributed by atoms with Crippen LogP contribution in [0.1, 0.15) is 36.0 Å². The number of thiophene rings is 1. The number of hydrogen-bond donors (Lipinski definition) is 1. The monoisotopic (exact) mass is 462 g/mol. The van der Waals surface area contributed by atoms with Gasteiger partial charge in [0.15, 0.2) is 0 Å². The van der Waals surface area contributed by atoms with Gasteiger partial charge in [0.1, 0.15) is 10.6 Å². The maximum Gasteiger partial charge on any atom is 0.254 e. The summed E-state index contributed by atoms with van der Waals surface area (Å²) in [6, 6.07) is 10.7. The van der Waals surface area contributed by atoms with Crippen molar-refractivity contribution in [1.82, 2.24) is 14.0 Å². The predicted molar refractivity (Wildman–Crippen MR) is 134 cm³/mol. The maximum atomic E-state index is 13.3.